The van der Waals surface area contributed by atoms with E-state index in [1.165, 1.54) is 0 Å². The molecule has 0 spiro atoms. The van der Waals surface area contributed by atoms with E-state index in [4.69, 9.17) is 9.47 Å². The summed E-state index contributed by atoms with van der Waals surface area (Å²) < 4.78 is 12.4. The average Bonchev–Trinajstić information content (AvgIpc) is 2.81. The van der Waals surface area contributed by atoms with Crippen molar-refractivity contribution >= 4 is 11.8 Å². The molecule has 0 atom stereocenters. The van der Waals surface area contributed by atoms with Crippen LogP contribution in [0.25, 0.3) is 0 Å². The summed E-state index contributed by atoms with van der Waals surface area (Å²) in [6, 6.07) is 8.95. The first kappa shape index (κ1) is 18.8. The molecule has 0 aliphatic rings. The van der Waals surface area contributed by atoms with E-state index in [2.05, 4.69) is 0 Å². The Morgan fingerprint density at radius 1 is 1.16 bits per heavy atom. The molecular formula is C20H25NO4. The second-order valence-electron chi connectivity index (χ2n) is 6.23. The third kappa shape index (κ3) is 4.50. The van der Waals surface area contributed by atoms with Crippen LogP contribution in [0.2, 0.25) is 0 Å². The summed E-state index contributed by atoms with van der Waals surface area (Å²) in [5.74, 6) is 0.363. The summed E-state index contributed by atoms with van der Waals surface area (Å²) in [5.41, 5.74) is 2.77. The van der Waals surface area contributed by atoms with Gasteiger partial charge in [-0.25, -0.2) is 0 Å². The Kier molecular flexibility index (Phi) is 6.02. The van der Waals surface area contributed by atoms with Gasteiger partial charge in [-0.2, -0.15) is 0 Å². The predicted octanol–water partition coefficient (Wildman–Crippen LogP) is 3.46. The highest BCUT2D eigenvalue weighted by Gasteiger charge is 2.20. The first-order valence-corrected chi connectivity index (χ1v) is 8.45. The minimum atomic E-state index is -0.296. The molecule has 0 aliphatic heterocycles. The second-order valence-corrected chi connectivity index (χ2v) is 6.23. The quantitative estimate of drug-likeness (QED) is 0.571. The SMILES string of the molecule is CCOc1ccc(C(=O)c2c(C)cc(CC(=O)OC(C)C)n2C)cc1. The molecule has 25 heavy (non-hydrogen) atoms. The van der Waals surface area contributed by atoms with Crippen molar-refractivity contribution in [3.05, 3.63) is 52.8 Å². The van der Waals surface area contributed by atoms with Crippen LogP contribution in [-0.2, 0) is 23.0 Å². The standard InChI is InChI=1S/C20H25NO4/c1-6-24-17-9-7-15(8-10-17)20(23)19-14(4)11-16(21(19)5)12-18(22)25-13(2)3/h7-11,13H,6,12H2,1-5H3. The van der Waals surface area contributed by atoms with Crippen molar-refractivity contribution in [2.24, 2.45) is 7.05 Å². The van der Waals surface area contributed by atoms with Gasteiger partial charge in [-0.3, -0.25) is 9.59 Å². The zero-order chi connectivity index (χ0) is 18.6. The highest BCUT2D eigenvalue weighted by molar-refractivity contribution is 6.09. The number of aromatic nitrogens is 1. The molecule has 1 aromatic heterocycles. The van der Waals surface area contributed by atoms with Crippen molar-refractivity contribution in [2.75, 3.05) is 6.61 Å². The molecule has 134 valence electrons. The van der Waals surface area contributed by atoms with E-state index in [0.717, 1.165) is 17.0 Å². The van der Waals surface area contributed by atoms with Gasteiger partial charge in [-0.05, 0) is 63.6 Å². The first-order valence-electron chi connectivity index (χ1n) is 8.45. The van der Waals surface area contributed by atoms with Gasteiger partial charge >= 0.3 is 5.97 Å². The van der Waals surface area contributed by atoms with Crippen LogP contribution in [0.4, 0.5) is 0 Å². The lowest BCUT2D eigenvalue weighted by Gasteiger charge is -2.10. The summed E-state index contributed by atoms with van der Waals surface area (Å²) in [4.78, 5) is 24.8. The summed E-state index contributed by atoms with van der Waals surface area (Å²) >= 11 is 0. The topological polar surface area (TPSA) is 57.5 Å². The molecule has 0 saturated carbocycles. The summed E-state index contributed by atoms with van der Waals surface area (Å²) in [6.45, 7) is 8.00. The molecular weight excluding hydrogens is 318 g/mol. The van der Waals surface area contributed by atoms with E-state index in [1.54, 1.807) is 35.9 Å². The summed E-state index contributed by atoms with van der Waals surface area (Å²) in [6.07, 6.45) is -0.00895. The lowest BCUT2D eigenvalue weighted by Crippen LogP contribution is -2.16. The number of nitrogens with zero attached hydrogens (tertiary/aromatic N) is 1. The molecule has 0 aliphatic carbocycles. The molecule has 2 rings (SSSR count). The Morgan fingerprint density at radius 3 is 2.36 bits per heavy atom. The molecule has 5 nitrogen and oxygen atoms in total. The minimum Gasteiger partial charge on any atom is -0.494 e. The zero-order valence-corrected chi connectivity index (χ0v) is 15.5. The molecule has 5 heteroatoms. The van der Waals surface area contributed by atoms with Crippen LogP contribution in [0.3, 0.4) is 0 Å². The van der Waals surface area contributed by atoms with Crippen molar-refractivity contribution < 1.29 is 19.1 Å². The fraction of sp³-hybridized carbons (Fsp3) is 0.400. The van der Waals surface area contributed by atoms with E-state index < -0.39 is 0 Å². The van der Waals surface area contributed by atoms with Crippen LogP contribution in [0.5, 0.6) is 5.75 Å². The fourth-order valence-corrected chi connectivity index (χ4v) is 2.78. The molecule has 0 radical (unpaired) electrons. The van der Waals surface area contributed by atoms with Gasteiger partial charge in [0.2, 0.25) is 5.78 Å². The Bertz CT molecular complexity index is 757. The van der Waals surface area contributed by atoms with Crippen molar-refractivity contribution in [3.8, 4) is 5.75 Å². The Labute approximate surface area is 148 Å². The van der Waals surface area contributed by atoms with Crippen LogP contribution < -0.4 is 4.74 Å². The Morgan fingerprint density at radius 2 is 1.80 bits per heavy atom. The molecule has 2 aromatic rings. The van der Waals surface area contributed by atoms with E-state index in [-0.39, 0.29) is 24.3 Å². The number of ketones is 1. The number of carbonyl (C=O) groups is 2. The Balaban J connectivity index is 2.24. The van der Waals surface area contributed by atoms with E-state index in [1.807, 2.05) is 33.8 Å². The average molecular weight is 343 g/mol. The lowest BCUT2D eigenvalue weighted by molar-refractivity contribution is -0.146. The van der Waals surface area contributed by atoms with Crippen molar-refractivity contribution in [3.63, 3.8) is 0 Å². The van der Waals surface area contributed by atoms with Crippen LogP contribution >= 0.6 is 0 Å². The van der Waals surface area contributed by atoms with Gasteiger partial charge in [0.1, 0.15) is 5.75 Å². The fourth-order valence-electron chi connectivity index (χ4n) is 2.78. The normalized spacial score (nSPS) is 10.8. The number of hydrogen-bond donors (Lipinski definition) is 0. The van der Waals surface area contributed by atoms with Crippen molar-refractivity contribution in [1.82, 2.24) is 4.57 Å². The number of hydrogen-bond acceptors (Lipinski definition) is 4. The van der Waals surface area contributed by atoms with Gasteiger partial charge < -0.3 is 14.0 Å². The maximum Gasteiger partial charge on any atom is 0.312 e. The van der Waals surface area contributed by atoms with Crippen LogP contribution in [0, 0.1) is 6.92 Å². The number of aryl methyl sites for hydroxylation is 1. The van der Waals surface area contributed by atoms with Gasteiger partial charge in [-0.15, -0.1) is 0 Å². The summed E-state index contributed by atoms with van der Waals surface area (Å²) in [5, 5.41) is 0. The van der Waals surface area contributed by atoms with E-state index in [0.29, 0.717) is 17.9 Å². The van der Waals surface area contributed by atoms with Crippen LogP contribution in [0.15, 0.2) is 30.3 Å². The number of carbonyl (C=O) groups excluding carboxylic acids is 2. The molecule has 0 unspecified atom stereocenters. The minimum absolute atomic E-state index is 0.0773. The van der Waals surface area contributed by atoms with E-state index in [9.17, 15) is 9.59 Å². The highest BCUT2D eigenvalue weighted by atomic mass is 16.5. The van der Waals surface area contributed by atoms with Crippen molar-refractivity contribution in [1.29, 1.82) is 0 Å². The third-order valence-electron chi connectivity index (χ3n) is 3.86. The maximum absolute atomic E-state index is 12.9. The first-order chi connectivity index (χ1) is 11.8. The molecule has 0 fully saturated rings. The van der Waals surface area contributed by atoms with Crippen molar-refractivity contribution in [2.45, 2.75) is 40.2 Å². The third-order valence-corrected chi connectivity index (χ3v) is 3.86. The van der Waals surface area contributed by atoms with Gasteiger partial charge in [0.25, 0.3) is 0 Å². The van der Waals surface area contributed by atoms with Gasteiger partial charge in [0, 0.05) is 18.3 Å². The number of benzene rings is 1. The zero-order valence-electron chi connectivity index (χ0n) is 15.5. The number of esters is 1. The van der Waals surface area contributed by atoms with Gasteiger partial charge in [-0.1, -0.05) is 0 Å². The number of rotatable bonds is 7. The molecule has 1 heterocycles. The number of ether oxygens (including phenoxy) is 2. The van der Waals surface area contributed by atoms with Crippen LogP contribution in [-0.4, -0.2) is 29.0 Å². The summed E-state index contributed by atoms with van der Waals surface area (Å²) in [7, 11) is 1.80. The predicted molar refractivity (Wildman–Crippen MR) is 96.1 cm³/mol. The second kappa shape index (κ2) is 8.01. The monoisotopic (exact) mass is 343 g/mol. The molecule has 0 saturated heterocycles. The maximum atomic E-state index is 12.9. The lowest BCUT2D eigenvalue weighted by atomic mass is 10.1. The molecule has 1 aromatic carbocycles. The molecule has 0 N–H and O–H groups in total. The van der Waals surface area contributed by atoms with Gasteiger partial charge in [0.15, 0.2) is 0 Å². The largest absolute Gasteiger partial charge is 0.494 e. The molecule has 0 amide bonds. The smallest absolute Gasteiger partial charge is 0.312 e. The van der Waals surface area contributed by atoms with E-state index >= 15 is 0 Å². The Hall–Kier alpha value is -2.56. The van der Waals surface area contributed by atoms with Gasteiger partial charge in [0.05, 0.1) is 24.8 Å². The molecule has 0 bridgehead atoms. The van der Waals surface area contributed by atoms with Crippen LogP contribution in [0.1, 0.15) is 48.1 Å². The highest BCUT2D eigenvalue weighted by Crippen LogP contribution is 2.21.